The fraction of sp³-hybridized carbons (Fsp3) is 0.627. The largest absolute Gasteiger partial charge is 0.467 e. The molecule has 16 nitrogen and oxygen atoms in total. The third-order valence-corrected chi connectivity index (χ3v) is 15.4. The molecule has 16 heteroatoms. The van der Waals surface area contributed by atoms with Gasteiger partial charge < -0.3 is 29.3 Å². The number of benzene rings is 2. The quantitative estimate of drug-likeness (QED) is 0.0460. The molecule has 1 fully saturated rings. The van der Waals surface area contributed by atoms with Crippen LogP contribution in [0.25, 0.3) is 0 Å². The third kappa shape index (κ3) is 17.5. The van der Waals surface area contributed by atoms with E-state index in [1.807, 2.05) is 108 Å². The van der Waals surface area contributed by atoms with Crippen LogP contribution in [-0.4, -0.2) is 152 Å². The zero-order chi connectivity index (χ0) is 55.5. The zero-order valence-corrected chi connectivity index (χ0v) is 46.9. The molecule has 2 heterocycles. The van der Waals surface area contributed by atoms with Crippen LogP contribution in [0.5, 0.6) is 0 Å². The van der Waals surface area contributed by atoms with Gasteiger partial charge in [0.05, 0.1) is 49.8 Å². The number of hydrogen-bond acceptors (Lipinski definition) is 12. The van der Waals surface area contributed by atoms with Crippen molar-refractivity contribution in [3.05, 3.63) is 83.4 Å². The molecule has 0 aliphatic carbocycles. The maximum Gasteiger partial charge on any atom is 0.328 e. The van der Waals surface area contributed by atoms with Gasteiger partial charge in [0.25, 0.3) is 11.8 Å². The average Bonchev–Trinajstić information content (AvgIpc) is 3.99. The van der Waals surface area contributed by atoms with Gasteiger partial charge in [-0.2, -0.15) is 0 Å². The minimum Gasteiger partial charge on any atom is -0.467 e. The number of rotatable bonds is 32. The Bertz CT molecular complexity index is 2250. The first-order chi connectivity index (χ1) is 35.7. The van der Waals surface area contributed by atoms with Crippen LogP contribution in [0, 0.1) is 29.6 Å². The summed E-state index contributed by atoms with van der Waals surface area (Å²) < 4.78 is 17.1. The molecule has 1 N–H and O–H groups in total. The Hall–Kier alpha value is -5.58. The molecule has 2 aromatic rings. The highest BCUT2D eigenvalue weighted by Crippen LogP contribution is 2.31. The number of esters is 1. The molecule has 414 valence electrons. The van der Waals surface area contributed by atoms with Gasteiger partial charge in [-0.05, 0) is 67.2 Å². The molecular formula is C59H87N5O11. The predicted octanol–water partition coefficient (Wildman–Crippen LogP) is 6.79. The molecule has 4 rings (SSSR count). The van der Waals surface area contributed by atoms with Gasteiger partial charge in [-0.3, -0.25) is 43.4 Å². The Kier molecular flexibility index (Phi) is 25.0. The van der Waals surface area contributed by atoms with E-state index in [0.29, 0.717) is 58.2 Å². The number of methoxy groups -OCH3 is 3. The molecule has 0 saturated carbocycles. The molecule has 0 radical (unpaired) electrons. The minimum absolute atomic E-state index is 0.0235. The molecule has 0 bridgehead atoms. The van der Waals surface area contributed by atoms with Crippen LogP contribution in [0.2, 0.25) is 0 Å². The van der Waals surface area contributed by atoms with Crippen molar-refractivity contribution in [1.29, 1.82) is 0 Å². The molecular weight excluding hydrogens is 955 g/mol. The van der Waals surface area contributed by atoms with E-state index < -0.39 is 60.1 Å². The number of unbranched alkanes of at least 4 members (excludes halogenated alkanes) is 2. The smallest absolute Gasteiger partial charge is 0.328 e. The van der Waals surface area contributed by atoms with E-state index in [1.54, 1.807) is 30.9 Å². The normalized spacial score (nSPS) is 17.9. The highest BCUT2D eigenvalue weighted by atomic mass is 16.5. The number of hydrogen-bond donors (Lipinski definition) is 1. The highest BCUT2D eigenvalue weighted by molar-refractivity contribution is 6.12. The Balaban J connectivity index is 1.40. The maximum absolute atomic E-state index is 14.8. The predicted molar refractivity (Wildman–Crippen MR) is 288 cm³/mol. The second-order valence-corrected chi connectivity index (χ2v) is 21.5. The number of likely N-dealkylation sites (N-methyl/N-ethyl adjacent to an activating group) is 2. The van der Waals surface area contributed by atoms with Crippen LogP contribution < -0.4 is 5.32 Å². The van der Waals surface area contributed by atoms with Gasteiger partial charge >= 0.3 is 5.97 Å². The van der Waals surface area contributed by atoms with Gasteiger partial charge in [0.15, 0.2) is 5.78 Å². The summed E-state index contributed by atoms with van der Waals surface area (Å²) in [7, 11) is 8.03. The number of imide groups is 1. The Morgan fingerprint density at radius 1 is 0.787 bits per heavy atom. The SMILES string of the molecule is CC[C@H](C)[C@@H]([C@@H](CC(=O)N1CCC[C@H]1[C@H](OC)[C@@H](C)C(=O)N[C@@H](Cc1ccccc1)C(=O)OC)OC)N(C)C(=O)[C@@H](CC(=O)[C@H](C(C)C)N(C)Cc1cccc(CC(=O)CCCCCN2C(=O)C=CC2=O)c1)C(C)C. The molecule has 2 aromatic carbocycles. The summed E-state index contributed by atoms with van der Waals surface area (Å²) in [5, 5.41) is 2.87. The number of carbonyl (C=O) groups is 8. The van der Waals surface area contributed by atoms with E-state index in [4.69, 9.17) is 14.2 Å². The monoisotopic (exact) mass is 1040 g/mol. The zero-order valence-electron chi connectivity index (χ0n) is 46.9. The number of carbonyl (C=O) groups excluding carboxylic acids is 8. The number of nitrogens with zero attached hydrogens (tertiary/aromatic N) is 4. The average molecular weight is 1040 g/mol. The lowest BCUT2D eigenvalue weighted by atomic mass is 9.83. The summed E-state index contributed by atoms with van der Waals surface area (Å²) >= 11 is 0. The van der Waals surface area contributed by atoms with E-state index in [1.165, 1.54) is 31.3 Å². The topological polar surface area (TPSA) is 189 Å². The number of ketones is 2. The molecule has 1 saturated heterocycles. The van der Waals surface area contributed by atoms with Crippen molar-refractivity contribution in [2.24, 2.45) is 29.6 Å². The van der Waals surface area contributed by atoms with Crippen molar-refractivity contribution in [3.8, 4) is 0 Å². The first-order valence-corrected chi connectivity index (χ1v) is 27.1. The number of amides is 5. The van der Waals surface area contributed by atoms with Crippen LogP contribution in [0.4, 0.5) is 0 Å². The van der Waals surface area contributed by atoms with E-state index in [-0.39, 0.29) is 78.6 Å². The van der Waals surface area contributed by atoms with Crippen LogP contribution in [0.15, 0.2) is 66.7 Å². The lowest BCUT2D eigenvalue weighted by Crippen LogP contribution is -2.55. The van der Waals surface area contributed by atoms with Crippen molar-refractivity contribution >= 4 is 47.1 Å². The van der Waals surface area contributed by atoms with E-state index in [0.717, 1.165) is 23.1 Å². The minimum atomic E-state index is -0.916. The van der Waals surface area contributed by atoms with Crippen molar-refractivity contribution in [1.82, 2.24) is 24.9 Å². The molecule has 0 unspecified atom stereocenters. The maximum atomic E-state index is 14.8. The first-order valence-electron chi connectivity index (χ1n) is 27.1. The van der Waals surface area contributed by atoms with Crippen molar-refractivity contribution in [3.63, 3.8) is 0 Å². The second-order valence-electron chi connectivity index (χ2n) is 21.5. The lowest BCUT2D eigenvalue weighted by molar-refractivity contribution is -0.150. The van der Waals surface area contributed by atoms with Crippen LogP contribution in [0.3, 0.4) is 0 Å². The second kappa shape index (κ2) is 30.2. The van der Waals surface area contributed by atoms with Crippen LogP contribution in [-0.2, 0) is 72.0 Å². The molecule has 0 aromatic heterocycles. The van der Waals surface area contributed by atoms with Gasteiger partial charge in [-0.1, -0.05) is 116 Å². The highest BCUT2D eigenvalue weighted by Gasteiger charge is 2.44. The molecule has 75 heavy (non-hydrogen) atoms. The van der Waals surface area contributed by atoms with Gasteiger partial charge in [0.1, 0.15) is 11.8 Å². The molecule has 2 aliphatic rings. The van der Waals surface area contributed by atoms with Crippen LogP contribution in [0.1, 0.15) is 123 Å². The third-order valence-electron chi connectivity index (χ3n) is 15.4. The summed E-state index contributed by atoms with van der Waals surface area (Å²) in [5.41, 5.74) is 2.71. The number of ether oxygens (including phenoxy) is 3. The Morgan fingerprint density at radius 3 is 2.04 bits per heavy atom. The fourth-order valence-electron chi connectivity index (χ4n) is 11.1. The summed E-state index contributed by atoms with van der Waals surface area (Å²) in [5.74, 6) is -3.54. The first kappa shape index (κ1) is 62.0. The lowest BCUT2D eigenvalue weighted by Gasteiger charge is -2.41. The summed E-state index contributed by atoms with van der Waals surface area (Å²) in [6.45, 7) is 15.0. The summed E-state index contributed by atoms with van der Waals surface area (Å²) in [6.07, 6.45) is 6.17. The van der Waals surface area contributed by atoms with E-state index in [9.17, 15) is 38.4 Å². The van der Waals surface area contributed by atoms with E-state index in [2.05, 4.69) is 5.32 Å². The van der Waals surface area contributed by atoms with Gasteiger partial charge in [-0.25, -0.2) is 4.79 Å². The molecule has 9 atom stereocenters. The number of nitrogens with one attached hydrogen (secondary N) is 1. The van der Waals surface area contributed by atoms with Gasteiger partial charge in [0, 0.05) is 84.7 Å². The van der Waals surface area contributed by atoms with Gasteiger partial charge in [0.2, 0.25) is 17.7 Å². The summed E-state index contributed by atoms with van der Waals surface area (Å²) in [4.78, 5) is 114. The molecule has 0 spiro atoms. The summed E-state index contributed by atoms with van der Waals surface area (Å²) in [6, 6.07) is 14.9. The van der Waals surface area contributed by atoms with Crippen molar-refractivity contribution < 1.29 is 52.6 Å². The van der Waals surface area contributed by atoms with Crippen molar-refractivity contribution in [2.45, 2.75) is 162 Å². The molecule has 2 aliphatic heterocycles. The number of likely N-dealkylation sites (tertiary alicyclic amines) is 1. The van der Waals surface area contributed by atoms with Crippen molar-refractivity contribution in [2.75, 3.05) is 48.5 Å². The fourth-order valence-corrected chi connectivity index (χ4v) is 11.1. The Labute approximate surface area is 446 Å². The van der Waals surface area contributed by atoms with Gasteiger partial charge in [-0.15, -0.1) is 0 Å². The Morgan fingerprint density at radius 2 is 1.44 bits per heavy atom. The standard InChI is InChI=1S/C59H87N5O11/c1-13-40(6)55(50(73-10)36-53(69)63-31-21-27-48(63)56(74-11)41(7)57(70)60-47(59(72)75-12)34-42-22-16-14-17-23-42)62(9)58(71)46(38(2)3)35-49(66)54(39(4)5)61(8)37-44-25-20-24-43(32-44)33-45(65)26-18-15-19-30-64-51(67)28-29-52(64)68/h14,16-17,20,22-25,28-29,32,38-41,46-48,50,54-56H,13,15,18-19,21,26-27,30-31,33-37H2,1-12H3,(H,60,70)/t40-,41+,46-,47-,48-,50+,54-,55-,56+/m0/s1. The van der Waals surface area contributed by atoms with E-state index >= 15 is 0 Å². The number of Topliss-reactive ketones (excluding diaryl/α,β-unsaturated/α-hetero) is 2. The van der Waals surface area contributed by atoms with Crippen LogP contribution >= 0.6 is 0 Å². The molecule has 5 amide bonds.